The van der Waals surface area contributed by atoms with Gasteiger partial charge in [-0.1, -0.05) is 24.3 Å². The van der Waals surface area contributed by atoms with E-state index in [1.165, 1.54) is 49.7 Å². The van der Waals surface area contributed by atoms with Gasteiger partial charge in [0.25, 0.3) is 0 Å². The van der Waals surface area contributed by atoms with E-state index in [9.17, 15) is 0 Å². The molecule has 18 heavy (non-hydrogen) atoms. The summed E-state index contributed by atoms with van der Waals surface area (Å²) in [5.74, 6) is 1.75. The molecule has 3 aliphatic rings. The second kappa shape index (κ2) is 3.84. The van der Waals surface area contributed by atoms with Crippen molar-refractivity contribution in [1.29, 1.82) is 0 Å². The molecule has 1 aromatic carbocycles. The lowest BCUT2D eigenvalue weighted by Crippen LogP contribution is -2.56. The molecule has 4 rings (SSSR count). The number of hydrogen-bond donors (Lipinski definition) is 0. The summed E-state index contributed by atoms with van der Waals surface area (Å²) in [7, 11) is 2.53. The first kappa shape index (κ1) is 11.0. The quantitative estimate of drug-likeness (QED) is 0.659. The summed E-state index contributed by atoms with van der Waals surface area (Å²) < 4.78 is 1.37. The van der Waals surface area contributed by atoms with Crippen molar-refractivity contribution in [2.24, 2.45) is 0 Å². The summed E-state index contributed by atoms with van der Waals surface area (Å²) in [6.07, 6.45) is 7.26. The van der Waals surface area contributed by atoms with Crippen molar-refractivity contribution in [1.82, 2.24) is 0 Å². The van der Waals surface area contributed by atoms with Crippen LogP contribution in [0, 0.1) is 0 Å². The maximum absolute atomic E-state index is 2.53. The zero-order valence-electron chi connectivity index (χ0n) is 11.4. The Bertz CT molecular complexity index is 458. The first-order valence-corrected chi connectivity index (χ1v) is 7.71. The van der Waals surface area contributed by atoms with Crippen molar-refractivity contribution in [3.63, 3.8) is 0 Å². The second-order valence-corrected chi connectivity index (χ2v) is 6.96. The van der Waals surface area contributed by atoms with Crippen LogP contribution in [-0.4, -0.2) is 30.7 Å². The van der Waals surface area contributed by atoms with Gasteiger partial charge >= 0.3 is 0 Å². The molecule has 1 nitrogen and oxygen atoms in total. The number of hydrogen-bond acceptors (Lipinski definition) is 0. The summed E-state index contributed by atoms with van der Waals surface area (Å²) in [5, 5.41) is 0. The Morgan fingerprint density at radius 3 is 2.44 bits per heavy atom. The van der Waals surface area contributed by atoms with Crippen molar-refractivity contribution in [3.8, 4) is 0 Å². The molecule has 96 valence electrons. The second-order valence-electron chi connectivity index (χ2n) is 6.96. The zero-order chi connectivity index (χ0) is 12.2. The van der Waals surface area contributed by atoms with Gasteiger partial charge in [-0.2, -0.15) is 0 Å². The maximum Gasteiger partial charge on any atom is 0.0963 e. The van der Waals surface area contributed by atoms with Crippen LogP contribution in [0.15, 0.2) is 24.3 Å². The first-order chi connectivity index (χ1) is 8.78. The van der Waals surface area contributed by atoms with Crippen LogP contribution in [0.5, 0.6) is 0 Å². The lowest BCUT2D eigenvalue weighted by molar-refractivity contribution is -0.938. The Kier molecular flexibility index (Phi) is 2.35. The molecule has 0 spiro atoms. The highest BCUT2D eigenvalue weighted by atomic mass is 15.4. The highest BCUT2D eigenvalue weighted by Crippen LogP contribution is 2.56. The van der Waals surface area contributed by atoms with Crippen molar-refractivity contribution in [2.45, 2.75) is 50.0 Å². The summed E-state index contributed by atoms with van der Waals surface area (Å²) in [6, 6.07) is 10.2. The van der Waals surface area contributed by atoms with Gasteiger partial charge in [0.15, 0.2) is 0 Å². The summed E-state index contributed by atoms with van der Waals surface area (Å²) in [5.41, 5.74) is 3.38. The number of benzene rings is 1. The molecule has 1 saturated carbocycles. The molecule has 1 saturated heterocycles. The number of quaternary nitrogens is 1. The van der Waals surface area contributed by atoms with Gasteiger partial charge in [0.05, 0.1) is 26.2 Å². The minimum absolute atomic E-state index is 0.870. The predicted octanol–water partition coefficient (Wildman–Crippen LogP) is 3.66. The molecule has 3 unspecified atom stereocenters. The normalized spacial score (nSPS) is 36.6. The minimum atomic E-state index is 0.870. The lowest BCUT2D eigenvalue weighted by atomic mass is 9.85. The lowest BCUT2D eigenvalue weighted by Gasteiger charge is -2.46. The van der Waals surface area contributed by atoms with E-state index in [-0.39, 0.29) is 0 Å². The standard InChI is InChI=1S/C17H24N/c1-18(9-5-2-6-10-18)17-12-13-11-16(17)15-8-4-3-7-14(13)15/h3-4,7-8,13,16-17H,2,5-6,9-12H2,1H3/q+1. The van der Waals surface area contributed by atoms with Crippen LogP contribution in [0.2, 0.25) is 0 Å². The van der Waals surface area contributed by atoms with Crippen LogP contribution >= 0.6 is 0 Å². The maximum atomic E-state index is 2.53. The van der Waals surface area contributed by atoms with Crippen LogP contribution in [0.3, 0.4) is 0 Å². The molecule has 2 fully saturated rings. The van der Waals surface area contributed by atoms with E-state index in [4.69, 9.17) is 0 Å². The van der Waals surface area contributed by atoms with Crippen LogP contribution in [0.1, 0.15) is 55.1 Å². The molecule has 1 aliphatic heterocycles. The highest BCUT2D eigenvalue weighted by molar-refractivity contribution is 5.42. The van der Waals surface area contributed by atoms with E-state index in [0.717, 1.165) is 17.9 Å². The molecule has 0 N–H and O–H groups in total. The molecule has 1 heteroatoms. The van der Waals surface area contributed by atoms with Crippen molar-refractivity contribution >= 4 is 0 Å². The van der Waals surface area contributed by atoms with E-state index >= 15 is 0 Å². The molecular formula is C17H24N+. The summed E-state index contributed by atoms with van der Waals surface area (Å²) in [6.45, 7) is 2.85. The molecule has 2 aliphatic carbocycles. The molecule has 0 radical (unpaired) electrons. The average Bonchev–Trinajstić information content (AvgIpc) is 2.99. The van der Waals surface area contributed by atoms with Gasteiger partial charge in [-0.15, -0.1) is 0 Å². The number of nitrogens with zero attached hydrogens (tertiary/aromatic N) is 1. The minimum Gasteiger partial charge on any atom is -0.323 e. The molecular weight excluding hydrogens is 218 g/mol. The highest BCUT2D eigenvalue weighted by Gasteiger charge is 2.51. The van der Waals surface area contributed by atoms with Crippen LogP contribution in [0.25, 0.3) is 0 Å². The number of likely N-dealkylation sites (N-methyl/N-ethyl adjacent to an activating group) is 1. The molecule has 1 aromatic rings. The molecule has 0 amide bonds. The smallest absolute Gasteiger partial charge is 0.0963 e. The summed E-state index contributed by atoms with van der Waals surface area (Å²) >= 11 is 0. The average molecular weight is 242 g/mol. The Hall–Kier alpha value is -0.820. The largest absolute Gasteiger partial charge is 0.323 e. The van der Waals surface area contributed by atoms with Crippen molar-refractivity contribution in [3.05, 3.63) is 35.4 Å². The topological polar surface area (TPSA) is 0 Å². The molecule has 3 atom stereocenters. The molecule has 1 heterocycles. The van der Waals surface area contributed by atoms with Gasteiger partial charge in [0.2, 0.25) is 0 Å². The van der Waals surface area contributed by atoms with Crippen LogP contribution in [0.4, 0.5) is 0 Å². The number of rotatable bonds is 1. The van der Waals surface area contributed by atoms with E-state index in [0.29, 0.717) is 0 Å². The summed E-state index contributed by atoms with van der Waals surface area (Å²) in [4.78, 5) is 0. The Labute approximate surface area is 110 Å². The van der Waals surface area contributed by atoms with Gasteiger partial charge in [-0.05, 0) is 42.7 Å². The third-order valence-corrected chi connectivity index (χ3v) is 6.00. The van der Waals surface area contributed by atoms with Gasteiger partial charge in [-0.25, -0.2) is 0 Å². The monoisotopic (exact) mass is 242 g/mol. The van der Waals surface area contributed by atoms with Gasteiger partial charge in [0.1, 0.15) is 0 Å². The molecule has 0 aromatic heterocycles. The number of likely N-dealkylation sites (tertiary alicyclic amines) is 1. The Morgan fingerprint density at radius 2 is 1.67 bits per heavy atom. The van der Waals surface area contributed by atoms with Gasteiger partial charge in [-0.3, -0.25) is 0 Å². The predicted molar refractivity (Wildman–Crippen MR) is 74.7 cm³/mol. The van der Waals surface area contributed by atoms with E-state index in [1.807, 2.05) is 0 Å². The third-order valence-electron chi connectivity index (χ3n) is 6.00. The fourth-order valence-electron chi connectivity index (χ4n) is 5.08. The van der Waals surface area contributed by atoms with E-state index in [2.05, 4.69) is 31.3 Å². The van der Waals surface area contributed by atoms with Crippen molar-refractivity contribution < 1.29 is 4.48 Å². The SMILES string of the molecule is C[N+]1(C2CC3CC2c2ccccc23)CCCCC1. The molecule has 2 bridgehead atoms. The fourth-order valence-corrected chi connectivity index (χ4v) is 5.08. The Balaban J connectivity index is 1.67. The number of piperidine rings is 1. The van der Waals surface area contributed by atoms with Crippen LogP contribution in [-0.2, 0) is 0 Å². The van der Waals surface area contributed by atoms with Gasteiger partial charge < -0.3 is 4.48 Å². The zero-order valence-corrected chi connectivity index (χ0v) is 11.4. The van der Waals surface area contributed by atoms with Gasteiger partial charge in [0, 0.05) is 12.3 Å². The van der Waals surface area contributed by atoms with E-state index in [1.54, 1.807) is 11.1 Å². The number of fused-ring (bicyclic) bond motifs is 5. The van der Waals surface area contributed by atoms with Crippen LogP contribution < -0.4 is 0 Å². The fraction of sp³-hybridized carbons (Fsp3) is 0.647. The van der Waals surface area contributed by atoms with E-state index < -0.39 is 0 Å². The first-order valence-electron chi connectivity index (χ1n) is 7.71. The third kappa shape index (κ3) is 1.43. The van der Waals surface area contributed by atoms with Crippen molar-refractivity contribution in [2.75, 3.05) is 20.1 Å². The Morgan fingerprint density at radius 1 is 0.944 bits per heavy atom.